The maximum absolute atomic E-state index is 6.03. The molecule has 0 atom stereocenters. The van der Waals surface area contributed by atoms with Gasteiger partial charge in [-0.15, -0.1) is 0 Å². The van der Waals surface area contributed by atoms with Gasteiger partial charge in [0.2, 0.25) is 0 Å². The van der Waals surface area contributed by atoms with Crippen LogP contribution in [0.5, 0.6) is 0 Å². The second-order valence-electron chi connectivity index (χ2n) is 4.60. The summed E-state index contributed by atoms with van der Waals surface area (Å²) in [6.07, 6.45) is 3.47. The molecule has 0 spiro atoms. The van der Waals surface area contributed by atoms with Gasteiger partial charge in [-0.25, -0.2) is 0 Å². The Hall–Kier alpha value is -1.95. The summed E-state index contributed by atoms with van der Waals surface area (Å²) in [6.45, 7) is 0. The Labute approximate surface area is 126 Å². The molecule has 0 saturated heterocycles. The van der Waals surface area contributed by atoms with E-state index in [-0.39, 0.29) is 0 Å². The third-order valence-corrected chi connectivity index (χ3v) is 6.50. The zero-order chi connectivity index (χ0) is 13.5. The summed E-state index contributed by atoms with van der Waals surface area (Å²) in [5.41, 5.74) is 10.3. The third-order valence-electron chi connectivity index (χ3n) is 3.40. The van der Waals surface area contributed by atoms with Gasteiger partial charge in [-0.05, 0) is 0 Å². The summed E-state index contributed by atoms with van der Waals surface area (Å²) < 4.78 is 3.47. The van der Waals surface area contributed by atoms with Gasteiger partial charge in [0.25, 0.3) is 0 Å². The van der Waals surface area contributed by atoms with Gasteiger partial charge in [0, 0.05) is 0 Å². The van der Waals surface area contributed by atoms with Crippen LogP contribution < -0.4 is 9.44 Å². The van der Waals surface area contributed by atoms with E-state index in [0.717, 1.165) is 31.3 Å². The van der Waals surface area contributed by atoms with Crippen LogP contribution in [0.1, 0.15) is 11.1 Å². The number of fused-ring (bicyclic) bond motifs is 2. The Balaban J connectivity index is 1.90. The summed E-state index contributed by atoms with van der Waals surface area (Å²) in [5, 5.41) is 1.14. The number of hydrogen-bond donors (Lipinski definition) is 1. The van der Waals surface area contributed by atoms with E-state index in [1.165, 1.54) is 0 Å². The van der Waals surface area contributed by atoms with Crippen molar-refractivity contribution in [1.29, 1.82) is 0 Å². The van der Waals surface area contributed by atoms with Crippen molar-refractivity contribution in [2.45, 2.75) is 0 Å². The quantitative estimate of drug-likeness (QED) is 0.662. The van der Waals surface area contributed by atoms with Crippen molar-refractivity contribution in [1.82, 2.24) is 15.0 Å². The molecule has 0 fully saturated rings. The van der Waals surface area contributed by atoms with Crippen molar-refractivity contribution in [3.8, 4) is 0 Å². The van der Waals surface area contributed by atoms with Gasteiger partial charge in [0.15, 0.2) is 0 Å². The fourth-order valence-electron chi connectivity index (χ4n) is 2.43. The average Bonchev–Trinajstić information content (AvgIpc) is 2.92. The van der Waals surface area contributed by atoms with Crippen LogP contribution in [0, 0.1) is 0 Å². The van der Waals surface area contributed by atoms with E-state index in [1.807, 2.05) is 24.4 Å². The molecule has 94 valence electrons. The van der Waals surface area contributed by atoms with E-state index < -0.39 is 21.1 Å². The molecule has 4 nitrogen and oxygen atoms in total. The van der Waals surface area contributed by atoms with E-state index in [4.69, 9.17) is 5.73 Å². The van der Waals surface area contributed by atoms with Crippen LogP contribution in [-0.4, -0.2) is 36.1 Å². The normalized spacial score (nSPS) is 13.3. The number of pyridine rings is 1. The molecular formula is C15H10N4Sn. The first kappa shape index (κ1) is 11.8. The Kier molecular flexibility index (Phi) is 2.70. The van der Waals surface area contributed by atoms with Crippen LogP contribution in [0.15, 0.2) is 46.9 Å². The average molecular weight is 365 g/mol. The number of benzene rings is 1. The summed E-state index contributed by atoms with van der Waals surface area (Å²) in [4.78, 5) is 13.0. The first-order valence-corrected chi connectivity index (χ1v) is 9.33. The number of aromatic nitrogens is 3. The second-order valence-corrected chi connectivity index (χ2v) is 7.60. The first-order chi connectivity index (χ1) is 9.83. The molecule has 3 heterocycles. The molecule has 0 aliphatic carbocycles. The van der Waals surface area contributed by atoms with Crippen molar-refractivity contribution >= 4 is 47.1 Å². The monoisotopic (exact) mass is 366 g/mol. The van der Waals surface area contributed by atoms with Gasteiger partial charge in [-0.2, -0.15) is 0 Å². The van der Waals surface area contributed by atoms with Crippen molar-refractivity contribution < 1.29 is 0 Å². The zero-order valence-electron chi connectivity index (χ0n) is 10.5. The van der Waals surface area contributed by atoms with Gasteiger partial charge in [0.05, 0.1) is 0 Å². The molecule has 5 heteroatoms. The SMILES string of the molecule is Nc1ncn[c]2c1C(c1cnc3ccccc3c1)=[CH][Sn]2. The van der Waals surface area contributed by atoms with E-state index in [2.05, 4.69) is 31.2 Å². The number of anilines is 1. The first-order valence-electron chi connectivity index (χ1n) is 6.25. The van der Waals surface area contributed by atoms with Crippen molar-refractivity contribution in [3.63, 3.8) is 0 Å². The van der Waals surface area contributed by atoms with Crippen molar-refractivity contribution in [3.05, 3.63) is 58.1 Å². The predicted molar refractivity (Wildman–Crippen MR) is 80.7 cm³/mol. The molecule has 1 aromatic carbocycles. The van der Waals surface area contributed by atoms with Gasteiger partial charge in [0.1, 0.15) is 0 Å². The van der Waals surface area contributed by atoms with Crippen LogP contribution in [0.3, 0.4) is 0 Å². The second kappa shape index (κ2) is 4.55. The standard InChI is InChI=1S/C15H10N4.Sn/c1-10(13-8-17-9-19-15(13)16)12-6-11-4-2-3-5-14(11)18-7-12;/h1-7,9H,(H2,16,17,19);. The van der Waals surface area contributed by atoms with Crippen LogP contribution in [-0.2, 0) is 0 Å². The minimum atomic E-state index is -0.782. The molecule has 0 bridgehead atoms. The molecule has 0 unspecified atom stereocenters. The number of nitrogens with zero attached hydrogens (tertiary/aromatic N) is 3. The zero-order valence-corrected chi connectivity index (χ0v) is 13.4. The van der Waals surface area contributed by atoms with E-state index in [9.17, 15) is 0 Å². The molecule has 2 radical (unpaired) electrons. The predicted octanol–water partition coefficient (Wildman–Crippen LogP) is 1.34. The summed E-state index contributed by atoms with van der Waals surface area (Å²) in [5.74, 6) is 0.577. The molecule has 2 aromatic heterocycles. The Morgan fingerprint density at radius 2 is 1.95 bits per heavy atom. The molecular weight excluding hydrogens is 355 g/mol. The Bertz CT molecular complexity index is 857. The van der Waals surface area contributed by atoms with Gasteiger partial charge in [-0.1, -0.05) is 0 Å². The van der Waals surface area contributed by atoms with E-state index in [1.54, 1.807) is 6.33 Å². The number of nitrogens with two attached hydrogens (primary N) is 1. The Morgan fingerprint density at radius 3 is 2.90 bits per heavy atom. The minimum absolute atomic E-state index is 0.577. The van der Waals surface area contributed by atoms with Gasteiger partial charge >= 0.3 is 126 Å². The molecule has 0 saturated carbocycles. The Morgan fingerprint density at radius 1 is 1.05 bits per heavy atom. The third kappa shape index (κ3) is 1.79. The number of hydrogen-bond acceptors (Lipinski definition) is 4. The molecule has 2 N–H and O–H groups in total. The number of para-hydroxylation sites is 1. The maximum atomic E-state index is 6.03. The molecule has 1 aliphatic rings. The van der Waals surface area contributed by atoms with Crippen LogP contribution >= 0.6 is 0 Å². The molecule has 3 aromatic rings. The molecule has 0 amide bonds. The van der Waals surface area contributed by atoms with Gasteiger partial charge < -0.3 is 0 Å². The number of rotatable bonds is 1. The van der Waals surface area contributed by atoms with Crippen LogP contribution in [0.25, 0.3) is 16.5 Å². The summed E-state index contributed by atoms with van der Waals surface area (Å²) in [6, 6.07) is 10.3. The summed E-state index contributed by atoms with van der Waals surface area (Å²) in [7, 11) is 0. The topological polar surface area (TPSA) is 64.7 Å². The van der Waals surface area contributed by atoms with E-state index >= 15 is 0 Å². The molecule has 1 aliphatic heterocycles. The van der Waals surface area contributed by atoms with Crippen molar-refractivity contribution in [2.24, 2.45) is 0 Å². The summed E-state index contributed by atoms with van der Waals surface area (Å²) >= 11 is -0.782. The molecule has 4 rings (SSSR count). The number of nitrogen functional groups attached to an aromatic ring is 1. The van der Waals surface area contributed by atoms with Gasteiger partial charge in [-0.3, -0.25) is 0 Å². The fourth-order valence-corrected chi connectivity index (χ4v) is 5.66. The fraction of sp³-hybridized carbons (Fsp3) is 0. The van der Waals surface area contributed by atoms with E-state index in [0.29, 0.717) is 5.82 Å². The van der Waals surface area contributed by atoms with Crippen molar-refractivity contribution in [2.75, 3.05) is 5.73 Å². The van der Waals surface area contributed by atoms with Crippen LogP contribution in [0.4, 0.5) is 5.82 Å². The van der Waals surface area contributed by atoms with Crippen LogP contribution in [0.2, 0.25) is 0 Å². The molecule has 20 heavy (non-hydrogen) atoms.